The van der Waals surface area contributed by atoms with Crippen LogP contribution in [-0.4, -0.2) is 10.2 Å². The lowest BCUT2D eigenvalue weighted by molar-refractivity contribution is -0.137. The first-order chi connectivity index (χ1) is 5.82. The Hall–Kier alpha value is -1.59. The second-order valence-electron chi connectivity index (χ2n) is 2.42. The first-order valence-corrected chi connectivity index (χ1v) is 3.21. The summed E-state index contributed by atoms with van der Waals surface area (Å²) >= 11 is 0. The fourth-order valence-electron chi connectivity index (χ4n) is 0.858. The fraction of sp³-hybridized carbons (Fsp3) is 0.143. The average Bonchev–Trinajstić information content (AvgIpc) is 1.94. The van der Waals surface area contributed by atoms with Gasteiger partial charge in [-0.25, -0.2) is 0 Å². The van der Waals surface area contributed by atoms with Gasteiger partial charge in [0.05, 0.1) is 11.3 Å². The smallest absolute Gasteiger partial charge is 0.418 e. The molecule has 0 aromatic heterocycles. The summed E-state index contributed by atoms with van der Waals surface area (Å²) < 4.78 is 36.3. The number of benzene rings is 1. The van der Waals surface area contributed by atoms with E-state index in [1.165, 1.54) is 0 Å². The summed E-state index contributed by atoms with van der Waals surface area (Å²) in [4.78, 5) is 0. The van der Waals surface area contributed by atoms with Crippen LogP contribution < -0.4 is 5.73 Å². The van der Waals surface area contributed by atoms with Crippen molar-refractivity contribution < 1.29 is 23.4 Å². The zero-order chi connectivity index (χ0) is 10.2. The molecule has 1 rings (SSSR count). The Morgan fingerprint density at radius 2 is 1.69 bits per heavy atom. The standard InChI is InChI=1S/C7H6F3NO2/c8-7(9,10)4-1-3(12)2-5(13)6(4)11/h1-2,12-13H,11H2. The second-order valence-corrected chi connectivity index (χ2v) is 2.42. The van der Waals surface area contributed by atoms with Crippen molar-refractivity contribution in [2.45, 2.75) is 6.18 Å². The minimum Gasteiger partial charge on any atom is -0.508 e. The second kappa shape index (κ2) is 2.72. The minimum absolute atomic E-state index is 0.453. The van der Waals surface area contributed by atoms with E-state index < -0.39 is 28.9 Å². The molecule has 0 unspecified atom stereocenters. The third kappa shape index (κ3) is 1.77. The number of nitrogen functional groups attached to an aromatic ring is 1. The molecule has 0 fully saturated rings. The van der Waals surface area contributed by atoms with E-state index in [9.17, 15) is 13.2 Å². The van der Waals surface area contributed by atoms with Crippen LogP contribution in [0.5, 0.6) is 11.5 Å². The molecule has 4 N–H and O–H groups in total. The van der Waals surface area contributed by atoms with Gasteiger partial charge in [-0.1, -0.05) is 0 Å². The Labute approximate surface area is 71.2 Å². The maximum absolute atomic E-state index is 12.1. The van der Waals surface area contributed by atoms with Gasteiger partial charge < -0.3 is 15.9 Å². The van der Waals surface area contributed by atoms with Gasteiger partial charge in [0.15, 0.2) is 0 Å². The lowest BCUT2D eigenvalue weighted by Crippen LogP contribution is -2.08. The first kappa shape index (κ1) is 9.50. The van der Waals surface area contributed by atoms with E-state index >= 15 is 0 Å². The molecule has 0 spiro atoms. The molecule has 6 heteroatoms. The van der Waals surface area contributed by atoms with Crippen molar-refractivity contribution in [3.63, 3.8) is 0 Å². The van der Waals surface area contributed by atoms with Gasteiger partial charge in [-0.3, -0.25) is 0 Å². The van der Waals surface area contributed by atoms with Gasteiger partial charge in [0.25, 0.3) is 0 Å². The van der Waals surface area contributed by atoms with Crippen LogP contribution in [0.3, 0.4) is 0 Å². The number of halogens is 3. The molecule has 0 radical (unpaired) electrons. The molecular weight excluding hydrogens is 187 g/mol. The first-order valence-electron chi connectivity index (χ1n) is 3.21. The predicted molar refractivity (Wildman–Crippen MR) is 39.2 cm³/mol. The van der Waals surface area contributed by atoms with Crippen LogP contribution in [-0.2, 0) is 6.18 Å². The van der Waals surface area contributed by atoms with Gasteiger partial charge in [0.2, 0.25) is 0 Å². The van der Waals surface area contributed by atoms with Crippen molar-refractivity contribution in [1.82, 2.24) is 0 Å². The van der Waals surface area contributed by atoms with Gasteiger partial charge in [0, 0.05) is 6.07 Å². The molecular formula is C7H6F3NO2. The van der Waals surface area contributed by atoms with Gasteiger partial charge in [-0.2, -0.15) is 13.2 Å². The van der Waals surface area contributed by atoms with Crippen LogP contribution in [0.2, 0.25) is 0 Å². The van der Waals surface area contributed by atoms with E-state index in [4.69, 9.17) is 15.9 Å². The Morgan fingerprint density at radius 3 is 2.15 bits per heavy atom. The molecule has 72 valence electrons. The van der Waals surface area contributed by atoms with Crippen molar-refractivity contribution in [3.8, 4) is 11.5 Å². The van der Waals surface area contributed by atoms with Crippen molar-refractivity contribution in [2.24, 2.45) is 0 Å². The molecule has 13 heavy (non-hydrogen) atoms. The van der Waals surface area contributed by atoms with Crippen LogP contribution in [0.25, 0.3) is 0 Å². The molecule has 1 aromatic carbocycles. The highest BCUT2D eigenvalue weighted by Crippen LogP contribution is 2.39. The van der Waals surface area contributed by atoms with Gasteiger partial charge in [0.1, 0.15) is 11.5 Å². The highest BCUT2D eigenvalue weighted by molar-refractivity contribution is 5.61. The molecule has 0 amide bonds. The zero-order valence-electron chi connectivity index (χ0n) is 6.26. The molecule has 3 nitrogen and oxygen atoms in total. The van der Waals surface area contributed by atoms with Gasteiger partial charge in [-0.05, 0) is 6.07 Å². The van der Waals surface area contributed by atoms with Crippen LogP contribution >= 0.6 is 0 Å². The number of alkyl halides is 3. The lowest BCUT2D eigenvalue weighted by Gasteiger charge is -2.11. The number of hydrogen-bond acceptors (Lipinski definition) is 3. The molecule has 0 bridgehead atoms. The summed E-state index contributed by atoms with van der Waals surface area (Å²) in [6.07, 6.45) is -4.68. The normalized spacial score (nSPS) is 11.6. The highest BCUT2D eigenvalue weighted by Gasteiger charge is 2.34. The topological polar surface area (TPSA) is 66.5 Å². The third-order valence-electron chi connectivity index (χ3n) is 1.45. The predicted octanol–water partition coefficient (Wildman–Crippen LogP) is 1.70. The number of rotatable bonds is 0. The fourth-order valence-corrected chi connectivity index (χ4v) is 0.858. The summed E-state index contributed by atoms with van der Waals surface area (Å²) in [6.45, 7) is 0. The summed E-state index contributed by atoms with van der Waals surface area (Å²) in [5, 5.41) is 17.6. The number of phenolic OH excluding ortho intramolecular Hbond substituents is 2. The van der Waals surface area contributed by atoms with Gasteiger partial charge >= 0.3 is 6.18 Å². The van der Waals surface area contributed by atoms with Crippen LogP contribution in [0.15, 0.2) is 12.1 Å². The van der Waals surface area contributed by atoms with Gasteiger partial charge in [-0.15, -0.1) is 0 Å². The van der Waals surface area contributed by atoms with E-state index in [1.807, 2.05) is 0 Å². The number of anilines is 1. The SMILES string of the molecule is Nc1c(O)cc(O)cc1C(F)(F)F. The van der Waals surface area contributed by atoms with Crippen molar-refractivity contribution in [1.29, 1.82) is 0 Å². The summed E-state index contributed by atoms with van der Waals surface area (Å²) in [7, 11) is 0. The lowest BCUT2D eigenvalue weighted by atomic mass is 10.1. The zero-order valence-corrected chi connectivity index (χ0v) is 6.26. The quantitative estimate of drug-likeness (QED) is 0.333. The van der Waals surface area contributed by atoms with E-state index in [1.54, 1.807) is 0 Å². The molecule has 1 aromatic rings. The molecule has 0 heterocycles. The van der Waals surface area contributed by atoms with Crippen LogP contribution in [0.1, 0.15) is 5.56 Å². The maximum atomic E-state index is 12.1. The Kier molecular flexibility index (Phi) is 1.99. The molecule has 0 saturated carbocycles. The summed E-state index contributed by atoms with van der Waals surface area (Å²) in [5.41, 5.74) is 2.92. The number of phenols is 2. The minimum atomic E-state index is -4.68. The molecule has 0 atom stereocenters. The Bertz CT molecular complexity index is 335. The average molecular weight is 193 g/mol. The van der Waals surface area contributed by atoms with E-state index in [0.717, 1.165) is 6.07 Å². The third-order valence-corrected chi connectivity index (χ3v) is 1.45. The van der Waals surface area contributed by atoms with Crippen LogP contribution in [0.4, 0.5) is 18.9 Å². The molecule has 0 saturated heterocycles. The van der Waals surface area contributed by atoms with Crippen molar-refractivity contribution in [2.75, 3.05) is 5.73 Å². The summed E-state index contributed by atoms with van der Waals surface area (Å²) in [5.74, 6) is -1.47. The number of nitrogens with two attached hydrogens (primary N) is 1. The number of hydrogen-bond donors (Lipinski definition) is 3. The Morgan fingerprint density at radius 1 is 1.15 bits per heavy atom. The Balaban J connectivity index is 3.37. The van der Waals surface area contributed by atoms with Crippen LogP contribution in [0, 0.1) is 0 Å². The van der Waals surface area contributed by atoms with E-state index in [-0.39, 0.29) is 0 Å². The molecule has 0 aliphatic rings. The van der Waals surface area contributed by atoms with Crippen molar-refractivity contribution in [3.05, 3.63) is 17.7 Å². The molecule has 0 aliphatic carbocycles. The summed E-state index contributed by atoms with van der Waals surface area (Å²) in [6, 6.07) is 1.19. The maximum Gasteiger partial charge on any atom is 0.418 e. The monoisotopic (exact) mass is 193 g/mol. The van der Waals surface area contributed by atoms with Crippen molar-refractivity contribution >= 4 is 5.69 Å². The highest BCUT2D eigenvalue weighted by atomic mass is 19.4. The van der Waals surface area contributed by atoms with E-state index in [0.29, 0.717) is 6.07 Å². The molecule has 0 aliphatic heterocycles. The number of aromatic hydroxyl groups is 2. The van der Waals surface area contributed by atoms with E-state index in [2.05, 4.69) is 0 Å². The largest absolute Gasteiger partial charge is 0.508 e.